The summed E-state index contributed by atoms with van der Waals surface area (Å²) in [4.78, 5) is 27.6. The van der Waals surface area contributed by atoms with Crippen LogP contribution in [-0.2, 0) is 11.3 Å². The Morgan fingerprint density at radius 1 is 1.03 bits per heavy atom. The molecule has 1 saturated heterocycles. The molecule has 1 aliphatic rings. The molecule has 4 rings (SSSR count). The van der Waals surface area contributed by atoms with Crippen LogP contribution in [0.4, 0.5) is 4.79 Å². The van der Waals surface area contributed by atoms with Crippen molar-refractivity contribution in [2.24, 2.45) is 0 Å². The number of carbonyl (C=O) groups excluding carboxylic acids is 2. The number of aryl methyl sites for hydroxylation is 1. The summed E-state index contributed by atoms with van der Waals surface area (Å²) in [5.41, 5.74) is 1.92. The predicted molar refractivity (Wildman–Crippen MR) is 122 cm³/mol. The minimum Gasteiger partial charge on any atom is -0.450 e. The fraction of sp³-hybridized carbons (Fsp3) is 0.0909. The first-order chi connectivity index (χ1) is 14.4. The lowest BCUT2D eigenvalue weighted by atomic mass is 10.2. The minimum absolute atomic E-state index is 0.131. The molecule has 0 aliphatic carbocycles. The summed E-state index contributed by atoms with van der Waals surface area (Å²) in [6.45, 7) is 2.17. The molecular weight excluding hydrogens is 461 g/mol. The van der Waals surface area contributed by atoms with Gasteiger partial charge in [-0.25, -0.2) is 0 Å². The minimum atomic E-state index is -0.361. The van der Waals surface area contributed by atoms with E-state index in [4.69, 9.17) is 27.6 Å². The average Bonchev–Trinajstić information content (AvgIpc) is 3.26. The monoisotopic (exact) mass is 475 g/mol. The first-order valence-electron chi connectivity index (χ1n) is 8.93. The molecule has 1 fully saturated rings. The number of halogens is 2. The zero-order chi connectivity index (χ0) is 21.3. The number of benzene rings is 2. The van der Waals surface area contributed by atoms with E-state index in [1.54, 1.807) is 30.3 Å². The lowest BCUT2D eigenvalue weighted by Gasteiger charge is -2.12. The second kappa shape index (κ2) is 8.94. The van der Waals surface area contributed by atoms with Crippen molar-refractivity contribution in [3.63, 3.8) is 0 Å². The molecule has 0 atom stereocenters. The molecule has 8 heteroatoms. The summed E-state index contributed by atoms with van der Waals surface area (Å²) in [6, 6.07) is 16.8. The molecule has 0 saturated carbocycles. The van der Waals surface area contributed by atoms with Gasteiger partial charge < -0.3 is 4.42 Å². The van der Waals surface area contributed by atoms with Gasteiger partial charge in [0.05, 0.1) is 21.5 Å². The maximum absolute atomic E-state index is 12.7. The SMILES string of the molecule is Cc1ccc(Sc2ccc(/C=C3\SC(=O)N(Cc4ccc(Cl)c(Cl)c4)C3=O)o2)cc1. The number of nitrogens with zero attached hydrogens (tertiary/aromatic N) is 1. The summed E-state index contributed by atoms with van der Waals surface area (Å²) in [6.07, 6.45) is 1.60. The van der Waals surface area contributed by atoms with Gasteiger partial charge >= 0.3 is 0 Å². The van der Waals surface area contributed by atoms with Gasteiger partial charge in [-0.1, -0.05) is 58.7 Å². The molecule has 3 aromatic rings. The molecule has 1 aromatic heterocycles. The maximum Gasteiger partial charge on any atom is 0.293 e. The average molecular weight is 476 g/mol. The summed E-state index contributed by atoms with van der Waals surface area (Å²) in [5, 5.41) is 1.18. The Kier molecular flexibility index (Phi) is 6.29. The molecular formula is C22H15Cl2NO3S2. The largest absolute Gasteiger partial charge is 0.450 e. The number of amides is 2. The van der Waals surface area contributed by atoms with Crippen molar-refractivity contribution in [2.75, 3.05) is 0 Å². The van der Waals surface area contributed by atoms with E-state index in [0.717, 1.165) is 22.2 Å². The van der Waals surface area contributed by atoms with Crippen molar-refractivity contribution in [1.82, 2.24) is 4.90 Å². The van der Waals surface area contributed by atoms with Gasteiger partial charge in [-0.3, -0.25) is 14.5 Å². The van der Waals surface area contributed by atoms with Crippen LogP contribution in [0.2, 0.25) is 10.0 Å². The fourth-order valence-electron chi connectivity index (χ4n) is 2.78. The second-order valence-corrected chi connectivity index (χ2v) is 9.47. The maximum atomic E-state index is 12.7. The van der Waals surface area contributed by atoms with Gasteiger partial charge in [0.15, 0.2) is 5.09 Å². The molecule has 2 amide bonds. The Labute approximate surface area is 192 Å². The van der Waals surface area contributed by atoms with Crippen LogP contribution in [0.1, 0.15) is 16.9 Å². The van der Waals surface area contributed by atoms with Crippen molar-refractivity contribution in [3.05, 3.63) is 86.4 Å². The van der Waals surface area contributed by atoms with Gasteiger partial charge in [-0.05, 0) is 60.6 Å². The zero-order valence-electron chi connectivity index (χ0n) is 15.7. The van der Waals surface area contributed by atoms with Crippen molar-refractivity contribution >= 4 is 63.9 Å². The number of hydrogen-bond acceptors (Lipinski definition) is 5. The number of furan rings is 1. The molecule has 4 nitrogen and oxygen atoms in total. The Balaban J connectivity index is 1.47. The standard InChI is InChI=1S/C22H15Cl2NO3S2/c1-13-2-6-16(7-3-13)29-20-9-5-15(28-20)11-19-21(26)25(22(27)30-19)12-14-4-8-17(23)18(24)10-14/h2-11H,12H2,1H3/b19-11-. The summed E-state index contributed by atoms with van der Waals surface area (Å²) >= 11 is 14.3. The quantitative estimate of drug-likeness (QED) is 0.362. The molecule has 2 aromatic carbocycles. The van der Waals surface area contributed by atoms with Gasteiger partial charge in [0.25, 0.3) is 11.1 Å². The van der Waals surface area contributed by atoms with E-state index in [-0.39, 0.29) is 17.7 Å². The third kappa shape index (κ3) is 4.78. The molecule has 0 N–H and O–H groups in total. The highest BCUT2D eigenvalue weighted by Gasteiger charge is 2.35. The van der Waals surface area contributed by atoms with Gasteiger partial charge in [0.2, 0.25) is 0 Å². The van der Waals surface area contributed by atoms with Crippen LogP contribution in [0.25, 0.3) is 6.08 Å². The normalized spacial score (nSPS) is 15.4. The third-order valence-electron chi connectivity index (χ3n) is 4.31. The van der Waals surface area contributed by atoms with Crippen LogP contribution >= 0.6 is 46.7 Å². The predicted octanol–water partition coefficient (Wildman–Crippen LogP) is 7.28. The van der Waals surface area contributed by atoms with E-state index >= 15 is 0 Å². The lowest BCUT2D eigenvalue weighted by Crippen LogP contribution is -2.27. The number of hydrogen-bond donors (Lipinski definition) is 0. The molecule has 0 unspecified atom stereocenters. The Morgan fingerprint density at radius 3 is 2.53 bits per heavy atom. The highest BCUT2D eigenvalue weighted by atomic mass is 35.5. The highest BCUT2D eigenvalue weighted by Crippen LogP contribution is 2.35. The molecule has 2 heterocycles. The van der Waals surface area contributed by atoms with Crippen LogP contribution in [0.3, 0.4) is 0 Å². The summed E-state index contributed by atoms with van der Waals surface area (Å²) in [5.74, 6) is 0.157. The van der Waals surface area contributed by atoms with Crippen molar-refractivity contribution < 1.29 is 14.0 Å². The van der Waals surface area contributed by atoms with Gasteiger partial charge in [0.1, 0.15) is 5.76 Å². The number of rotatable bonds is 5. The van der Waals surface area contributed by atoms with Crippen LogP contribution < -0.4 is 0 Å². The molecule has 0 radical (unpaired) electrons. The molecule has 152 valence electrons. The fourth-order valence-corrected chi connectivity index (χ4v) is 4.69. The van der Waals surface area contributed by atoms with E-state index in [0.29, 0.717) is 25.8 Å². The van der Waals surface area contributed by atoms with E-state index in [9.17, 15) is 9.59 Å². The first-order valence-corrected chi connectivity index (χ1v) is 11.3. The van der Waals surface area contributed by atoms with Crippen LogP contribution in [-0.4, -0.2) is 16.0 Å². The van der Waals surface area contributed by atoms with Crippen LogP contribution in [0.5, 0.6) is 0 Å². The number of thioether (sulfide) groups is 1. The van der Waals surface area contributed by atoms with Gasteiger partial charge in [-0.2, -0.15) is 0 Å². The van der Waals surface area contributed by atoms with Crippen LogP contribution in [0.15, 0.2) is 73.9 Å². The zero-order valence-corrected chi connectivity index (χ0v) is 18.9. The third-order valence-corrected chi connectivity index (χ3v) is 6.89. The van der Waals surface area contributed by atoms with Crippen molar-refractivity contribution in [2.45, 2.75) is 23.5 Å². The topological polar surface area (TPSA) is 50.5 Å². The van der Waals surface area contributed by atoms with Crippen molar-refractivity contribution in [3.8, 4) is 0 Å². The highest BCUT2D eigenvalue weighted by molar-refractivity contribution is 8.18. The molecule has 1 aliphatic heterocycles. The summed E-state index contributed by atoms with van der Waals surface area (Å²) in [7, 11) is 0. The molecule has 0 spiro atoms. The lowest BCUT2D eigenvalue weighted by molar-refractivity contribution is -0.123. The van der Waals surface area contributed by atoms with Gasteiger partial charge in [-0.15, -0.1) is 0 Å². The number of imide groups is 1. The molecule has 0 bridgehead atoms. The van der Waals surface area contributed by atoms with E-state index in [2.05, 4.69) is 0 Å². The van der Waals surface area contributed by atoms with Crippen LogP contribution in [0, 0.1) is 6.92 Å². The smallest absolute Gasteiger partial charge is 0.293 e. The first kappa shape index (κ1) is 21.1. The van der Waals surface area contributed by atoms with Gasteiger partial charge in [0, 0.05) is 11.0 Å². The van der Waals surface area contributed by atoms with E-state index in [1.165, 1.54) is 22.2 Å². The Bertz CT molecular complexity index is 1160. The van der Waals surface area contributed by atoms with E-state index in [1.807, 2.05) is 37.3 Å². The Hall–Kier alpha value is -2.12. The molecule has 30 heavy (non-hydrogen) atoms. The number of carbonyl (C=O) groups is 2. The summed E-state index contributed by atoms with van der Waals surface area (Å²) < 4.78 is 5.80. The van der Waals surface area contributed by atoms with Crippen molar-refractivity contribution in [1.29, 1.82) is 0 Å². The van der Waals surface area contributed by atoms with E-state index < -0.39 is 0 Å². The Morgan fingerprint density at radius 2 is 1.80 bits per heavy atom. The second-order valence-electron chi connectivity index (χ2n) is 6.59.